The van der Waals surface area contributed by atoms with Crippen molar-refractivity contribution in [2.45, 2.75) is 25.6 Å². The number of amides is 1. The van der Waals surface area contributed by atoms with Gasteiger partial charge in [0.05, 0.1) is 16.6 Å². The molecule has 140 valence electrons. The van der Waals surface area contributed by atoms with Gasteiger partial charge in [0.1, 0.15) is 11.6 Å². The highest BCUT2D eigenvalue weighted by Crippen LogP contribution is 2.34. The Bertz CT molecular complexity index is 1050. The summed E-state index contributed by atoms with van der Waals surface area (Å²) in [7, 11) is 0. The van der Waals surface area contributed by atoms with Gasteiger partial charge in [-0.05, 0) is 30.7 Å². The molecule has 1 heterocycles. The molecule has 0 radical (unpaired) electrons. The number of para-hydroxylation sites is 1. The van der Waals surface area contributed by atoms with E-state index in [4.69, 9.17) is 0 Å². The number of nitrogens with one attached hydrogen (secondary N) is 1. The van der Waals surface area contributed by atoms with E-state index in [9.17, 15) is 22.8 Å². The Hall–Kier alpha value is -3.23. The topological polar surface area (TPSA) is 76.9 Å². The first-order valence-electron chi connectivity index (χ1n) is 8.14. The van der Waals surface area contributed by atoms with E-state index in [0.717, 1.165) is 16.8 Å². The highest BCUT2D eigenvalue weighted by atomic mass is 19.4. The van der Waals surface area contributed by atoms with Gasteiger partial charge in [0.25, 0.3) is 5.56 Å². The predicted octanol–water partition coefficient (Wildman–Crippen LogP) is 3.40. The maximum atomic E-state index is 13.1. The van der Waals surface area contributed by atoms with Gasteiger partial charge in [-0.1, -0.05) is 36.4 Å². The number of benzene rings is 2. The number of aromatic nitrogens is 3. The first-order chi connectivity index (χ1) is 12.8. The minimum absolute atomic E-state index is 0.146. The van der Waals surface area contributed by atoms with Crippen molar-refractivity contribution in [3.63, 3.8) is 0 Å². The summed E-state index contributed by atoms with van der Waals surface area (Å²) in [5.74, 6) is -0.777. The molecule has 2 aromatic carbocycles. The molecule has 1 N–H and O–H groups in total. The first kappa shape index (κ1) is 18.6. The number of nitrogens with zero attached hydrogens (tertiary/aromatic N) is 3. The van der Waals surface area contributed by atoms with E-state index in [1.54, 1.807) is 31.2 Å². The van der Waals surface area contributed by atoms with Gasteiger partial charge >= 0.3 is 6.18 Å². The van der Waals surface area contributed by atoms with E-state index in [1.807, 2.05) is 0 Å². The minimum Gasteiger partial charge on any atom is -0.324 e. The normalized spacial score (nSPS) is 12.7. The molecule has 1 aromatic heterocycles. The van der Waals surface area contributed by atoms with Crippen LogP contribution in [-0.2, 0) is 11.0 Å². The van der Waals surface area contributed by atoms with E-state index >= 15 is 0 Å². The van der Waals surface area contributed by atoms with Crippen molar-refractivity contribution in [2.24, 2.45) is 0 Å². The van der Waals surface area contributed by atoms with Crippen LogP contribution >= 0.6 is 0 Å². The molecule has 0 saturated heterocycles. The second-order valence-electron chi connectivity index (χ2n) is 5.81. The van der Waals surface area contributed by atoms with Crippen LogP contribution in [0.2, 0.25) is 0 Å². The third-order valence-electron chi connectivity index (χ3n) is 4.07. The summed E-state index contributed by atoms with van der Waals surface area (Å²) in [6.07, 6.45) is -4.47. The molecule has 9 heteroatoms. The number of carbonyl (C=O) groups is 1. The maximum Gasteiger partial charge on any atom is 0.418 e. The van der Waals surface area contributed by atoms with Gasteiger partial charge in [-0.15, -0.1) is 5.10 Å². The molecule has 1 amide bonds. The van der Waals surface area contributed by atoms with Crippen molar-refractivity contribution in [2.75, 3.05) is 5.32 Å². The zero-order valence-corrected chi connectivity index (χ0v) is 14.2. The lowest BCUT2D eigenvalue weighted by Gasteiger charge is -2.18. The summed E-state index contributed by atoms with van der Waals surface area (Å²) >= 11 is 0. The van der Waals surface area contributed by atoms with Gasteiger partial charge in [-0.25, -0.2) is 0 Å². The number of hydrogen-bond donors (Lipinski definition) is 1. The van der Waals surface area contributed by atoms with E-state index in [0.29, 0.717) is 5.52 Å². The standard InChI is InChI=1S/C18H15F3N4O2/c1-2-15(25-17(27)11-7-3-5-9-13(11)23-24-25)16(26)22-14-10-6-4-8-12(14)18(19,20)21/h3-10,15H,2H2,1H3,(H,22,26). The zero-order chi connectivity index (χ0) is 19.6. The quantitative estimate of drug-likeness (QED) is 0.757. The summed E-state index contributed by atoms with van der Waals surface area (Å²) in [4.78, 5) is 25.2. The second kappa shape index (κ2) is 7.18. The molecule has 3 aromatic rings. The Kier molecular flexibility index (Phi) is 4.93. The van der Waals surface area contributed by atoms with E-state index < -0.39 is 29.2 Å². The highest BCUT2D eigenvalue weighted by molar-refractivity contribution is 5.94. The van der Waals surface area contributed by atoms with Crippen molar-refractivity contribution >= 4 is 22.5 Å². The number of halogens is 3. The average molecular weight is 376 g/mol. The van der Waals surface area contributed by atoms with Crippen molar-refractivity contribution < 1.29 is 18.0 Å². The summed E-state index contributed by atoms with van der Waals surface area (Å²) in [6.45, 7) is 1.63. The SMILES string of the molecule is CCC(C(=O)Nc1ccccc1C(F)(F)F)n1nnc2ccccc2c1=O. The Labute approximate surface area is 151 Å². The number of fused-ring (bicyclic) bond motifs is 1. The number of carbonyl (C=O) groups excluding carboxylic acids is 1. The molecule has 1 unspecified atom stereocenters. The molecule has 27 heavy (non-hydrogen) atoms. The van der Waals surface area contributed by atoms with Gasteiger partial charge in [0.2, 0.25) is 5.91 Å². The number of anilines is 1. The molecule has 0 aliphatic carbocycles. The van der Waals surface area contributed by atoms with Crippen molar-refractivity contribution in [3.05, 3.63) is 64.4 Å². The lowest BCUT2D eigenvalue weighted by molar-refractivity contribution is -0.137. The lowest BCUT2D eigenvalue weighted by atomic mass is 10.1. The molecule has 0 bridgehead atoms. The van der Waals surface area contributed by atoms with Crippen LogP contribution in [0.25, 0.3) is 10.9 Å². The Morgan fingerprint density at radius 3 is 2.52 bits per heavy atom. The largest absolute Gasteiger partial charge is 0.418 e. The molecule has 0 aliphatic heterocycles. The Balaban J connectivity index is 1.97. The van der Waals surface area contributed by atoms with E-state index in [-0.39, 0.29) is 17.5 Å². The van der Waals surface area contributed by atoms with Crippen molar-refractivity contribution in [1.29, 1.82) is 0 Å². The van der Waals surface area contributed by atoms with Crippen molar-refractivity contribution in [3.8, 4) is 0 Å². The van der Waals surface area contributed by atoms with Crippen LogP contribution in [-0.4, -0.2) is 20.9 Å². The maximum absolute atomic E-state index is 13.1. The van der Waals surface area contributed by atoms with Crippen LogP contribution in [0.1, 0.15) is 24.9 Å². The van der Waals surface area contributed by atoms with Crippen LogP contribution < -0.4 is 10.9 Å². The molecule has 0 fully saturated rings. The first-order valence-corrected chi connectivity index (χ1v) is 8.14. The van der Waals surface area contributed by atoms with Crippen LogP contribution in [0.3, 0.4) is 0 Å². The molecular formula is C18H15F3N4O2. The van der Waals surface area contributed by atoms with Gasteiger partial charge in [0, 0.05) is 0 Å². The van der Waals surface area contributed by atoms with Gasteiger partial charge in [0.15, 0.2) is 0 Å². The van der Waals surface area contributed by atoms with Crippen LogP contribution in [0.4, 0.5) is 18.9 Å². The molecule has 6 nitrogen and oxygen atoms in total. The molecular weight excluding hydrogens is 361 g/mol. The predicted molar refractivity (Wildman–Crippen MR) is 93.2 cm³/mol. The fraction of sp³-hybridized carbons (Fsp3) is 0.222. The second-order valence-corrected chi connectivity index (χ2v) is 5.81. The van der Waals surface area contributed by atoms with Crippen LogP contribution in [0.5, 0.6) is 0 Å². The van der Waals surface area contributed by atoms with E-state index in [2.05, 4.69) is 15.6 Å². The fourth-order valence-electron chi connectivity index (χ4n) is 2.73. The summed E-state index contributed by atoms with van der Waals surface area (Å²) < 4.78 is 40.2. The molecule has 0 aliphatic rings. The number of rotatable bonds is 4. The van der Waals surface area contributed by atoms with Crippen LogP contribution in [0, 0.1) is 0 Å². The van der Waals surface area contributed by atoms with Gasteiger partial charge in [-0.2, -0.15) is 17.9 Å². The number of alkyl halides is 3. The zero-order valence-electron chi connectivity index (χ0n) is 14.2. The Morgan fingerprint density at radius 1 is 1.15 bits per heavy atom. The average Bonchev–Trinajstić information content (AvgIpc) is 2.64. The summed E-state index contributed by atoms with van der Waals surface area (Å²) in [5, 5.41) is 10.2. The Morgan fingerprint density at radius 2 is 1.81 bits per heavy atom. The monoisotopic (exact) mass is 376 g/mol. The van der Waals surface area contributed by atoms with Crippen molar-refractivity contribution in [1.82, 2.24) is 15.0 Å². The molecule has 3 rings (SSSR count). The molecule has 1 atom stereocenters. The fourth-order valence-corrected chi connectivity index (χ4v) is 2.73. The smallest absolute Gasteiger partial charge is 0.324 e. The summed E-state index contributed by atoms with van der Waals surface area (Å²) in [6, 6.07) is 10.0. The van der Waals surface area contributed by atoms with Gasteiger partial charge in [-0.3, -0.25) is 9.59 Å². The number of hydrogen-bond acceptors (Lipinski definition) is 4. The van der Waals surface area contributed by atoms with E-state index in [1.165, 1.54) is 12.1 Å². The third-order valence-corrected chi connectivity index (χ3v) is 4.07. The minimum atomic E-state index is -4.62. The van der Waals surface area contributed by atoms with Gasteiger partial charge < -0.3 is 5.32 Å². The summed E-state index contributed by atoms with van der Waals surface area (Å²) in [5.41, 5.74) is -1.51. The highest BCUT2D eigenvalue weighted by Gasteiger charge is 2.34. The molecule has 0 saturated carbocycles. The third kappa shape index (κ3) is 3.67. The lowest BCUT2D eigenvalue weighted by Crippen LogP contribution is -2.35. The van der Waals surface area contributed by atoms with Crippen LogP contribution in [0.15, 0.2) is 53.3 Å². The molecule has 0 spiro atoms.